The third-order valence-corrected chi connectivity index (χ3v) is 3.11. The van der Waals surface area contributed by atoms with Crippen molar-refractivity contribution in [2.24, 2.45) is 0 Å². The summed E-state index contributed by atoms with van der Waals surface area (Å²) in [5, 5.41) is 12.1. The van der Waals surface area contributed by atoms with Gasteiger partial charge in [-0.05, 0) is 29.8 Å². The molecule has 2 N–H and O–H groups in total. The lowest BCUT2D eigenvalue weighted by Gasteiger charge is -2.14. The number of carbonyl (C=O) groups is 1. The molecule has 0 fully saturated rings. The number of rotatable bonds is 6. The molecule has 0 radical (unpaired) electrons. The molecule has 0 saturated heterocycles. The van der Waals surface area contributed by atoms with Gasteiger partial charge in [0, 0.05) is 6.54 Å². The molecule has 0 heterocycles. The van der Waals surface area contributed by atoms with Crippen LogP contribution in [0.3, 0.4) is 0 Å². The van der Waals surface area contributed by atoms with E-state index in [0.717, 1.165) is 18.2 Å². The van der Waals surface area contributed by atoms with Crippen LogP contribution < -0.4 is 10.1 Å². The molecule has 0 aliphatic heterocycles. The molecule has 4 nitrogen and oxygen atoms in total. The summed E-state index contributed by atoms with van der Waals surface area (Å²) in [7, 11) is 0. The Morgan fingerprint density at radius 1 is 1.12 bits per heavy atom. The van der Waals surface area contributed by atoms with Crippen molar-refractivity contribution in [1.29, 1.82) is 0 Å². The molecule has 0 aliphatic carbocycles. The zero-order chi connectivity index (χ0) is 17.7. The number of hydrogen-bond acceptors (Lipinski definition) is 3. The Labute approximate surface area is 134 Å². The fourth-order valence-corrected chi connectivity index (χ4v) is 2.01. The smallest absolute Gasteiger partial charge is 0.387 e. The van der Waals surface area contributed by atoms with Crippen molar-refractivity contribution in [2.75, 3.05) is 6.54 Å². The molecule has 8 heteroatoms. The lowest BCUT2D eigenvalue weighted by Crippen LogP contribution is -2.29. The van der Waals surface area contributed by atoms with Crippen molar-refractivity contribution in [3.8, 4) is 5.75 Å². The van der Waals surface area contributed by atoms with Gasteiger partial charge in [0.15, 0.2) is 0 Å². The van der Waals surface area contributed by atoms with Gasteiger partial charge in [0.25, 0.3) is 5.91 Å². The maximum atomic E-state index is 13.5. The van der Waals surface area contributed by atoms with Gasteiger partial charge in [-0.2, -0.15) is 8.78 Å². The molecule has 1 atom stereocenters. The van der Waals surface area contributed by atoms with E-state index in [-0.39, 0.29) is 17.9 Å². The first-order valence-corrected chi connectivity index (χ1v) is 6.83. The van der Waals surface area contributed by atoms with Gasteiger partial charge in [-0.1, -0.05) is 18.2 Å². The normalized spacial score (nSPS) is 12.1. The van der Waals surface area contributed by atoms with E-state index in [4.69, 9.17) is 0 Å². The van der Waals surface area contributed by atoms with Gasteiger partial charge in [-0.25, -0.2) is 8.78 Å². The van der Waals surface area contributed by atoms with E-state index in [2.05, 4.69) is 10.1 Å². The largest absolute Gasteiger partial charge is 0.435 e. The Balaban J connectivity index is 2.03. The summed E-state index contributed by atoms with van der Waals surface area (Å²) in [6.07, 6.45) is -1.27. The molecule has 1 amide bonds. The van der Waals surface area contributed by atoms with E-state index in [9.17, 15) is 27.5 Å². The number of amides is 1. The van der Waals surface area contributed by atoms with Crippen molar-refractivity contribution < 1.29 is 32.2 Å². The van der Waals surface area contributed by atoms with Crippen molar-refractivity contribution >= 4 is 5.91 Å². The summed E-state index contributed by atoms with van der Waals surface area (Å²) in [5.41, 5.74) is -0.568. The molecule has 128 valence electrons. The number of carbonyl (C=O) groups excluding carboxylic acids is 1. The Bertz CT molecular complexity index is 704. The summed E-state index contributed by atoms with van der Waals surface area (Å²) in [6, 6.07) is 8.24. The molecule has 0 aliphatic rings. The Morgan fingerprint density at radius 2 is 1.75 bits per heavy atom. The monoisotopic (exact) mass is 343 g/mol. The van der Waals surface area contributed by atoms with Crippen LogP contribution in [0.15, 0.2) is 42.5 Å². The van der Waals surface area contributed by atoms with Gasteiger partial charge in [-0.15, -0.1) is 0 Å². The van der Waals surface area contributed by atoms with E-state index in [1.807, 2.05) is 0 Å². The summed E-state index contributed by atoms with van der Waals surface area (Å²) >= 11 is 0. The second-order valence-electron chi connectivity index (χ2n) is 4.77. The predicted octanol–water partition coefficient (Wildman–Crippen LogP) is 3.03. The molecule has 0 aromatic heterocycles. The van der Waals surface area contributed by atoms with Crippen LogP contribution >= 0.6 is 0 Å². The second kappa shape index (κ2) is 7.78. The van der Waals surface area contributed by atoms with Crippen LogP contribution in [-0.4, -0.2) is 24.2 Å². The maximum absolute atomic E-state index is 13.5. The molecule has 2 rings (SSSR count). The molecule has 1 unspecified atom stereocenters. The molecular weight excluding hydrogens is 330 g/mol. The van der Waals surface area contributed by atoms with Gasteiger partial charge in [0.05, 0.1) is 6.10 Å². The quantitative estimate of drug-likeness (QED) is 0.793. The highest BCUT2D eigenvalue weighted by Gasteiger charge is 2.18. The minimum absolute atomic E-state index is 0.159. The summed E-state index contributed by atoms with van der Waals surface area (Å²) in [6.45, 7) is -3.38. The number of benzene rings is 2. The lowest BCUT2D eigenvalue weighted by atomic mass is 10.1. The topological polar surface area (TPSA) is 58.6 Å². The average molecular weight is 343 g/mol. The van der Waals surface area contributed by atoms with Gasteiger partial charge in [0.2, 0.25) is 0 Å². The molecular formula is C16H13F4NO3. The van der Waals surface area contributed by atoms with Crippen molar-refractivity contribution in [3.05, 3.63) is 65.2 Å². The SMILES string of the molecule is O=C(NCC(O)c1cccc(OC(F)F)c1)c1c(F)cccc1F. The average Bonchev–Trinajstić information content (AvgIpc) is 2.52. The first-order valence-electron chi connectivity index (χ1n) is 6.83. The Morgan fingerprint density at radius 3 is 2.38 bits per heavy atom. The lowest BCUT2D eigenvalue weighted by molar-refractivity contribution is -0.0499. The maximum Gasteiger partial charge on any atom is 0.387 e. The van der Waals surface area contributed by atoms with Crippen LogP contribution in [0.5, 0.6) is 5.75 Å². The van der Waals surface area contributed by atoms with Crippen LogP contribution in [0.2, 0.25) is 0 Å². The van der Waals surface area contributed by atoms with Crippen LogP contribution in [-0.2, 0) is 0 Å². The van der Waals surface area contributed by atoms with Crippen LogP contribution in [0.25, 0.3) is 0 Å². The fraction of sp³-hybridized carbons (Fsp3) is 0.188. The van der Waals surface area contributed by atoms with Crippen molar-refractivity contribution in [1.82, 2.24) is 5.32 Å². The summed E-state index contributed by atoms with van der Waals surface area (Å²) in [4.78, 5) is 11.8. The third kappa shape index (κ3) is 4.45. The second-order valence-corrected chi connectivity index (χ2v) is 4.77. The molecule has 2 aromatic carbocycles. The molecule has 24 heavy (non-hydrogen) atoms. The number of nitrogens with one attached hydrogen (secondary N) is 1. The van der Waals surface area contributed by atoms with E-state index in [0.29, 0.717) is 0 Å². The van der Waals surface area contributed by atoms with Crippen LogP contribution in [0.1, 0.15) is 22.0 Å². The summed E-state index contributed by atoms with van der Waals surface area (Å²) in [5.74, 6) is -3.26. The highest BCUT2D eigenvalue weighted by molar-refractivity contribution is 5.94. The van der Waals surface area contributed by atoms with Gasteiger partial charge in [-0.3, -0.25) is 4.79 Å². The molecule has 2 aromatic rings. The van der Waals surface area contributed by atoms with Gasteiger partial charge < -0.3 is 15.2 Å². The summed E-state index contributed by atoms with van der Waals surface area (Å²) < 4.78 is 55.5. The number of halogens is 4. The number of aliphatic hydroxyl groups is 1. The number of ether oxygens (including phenoxy) is 1. The third-order valence-electron chi connectivity index (χ3n) is 3.11. The highest BCUT2D eigenvalue weighted by atomic mass is 19.3. The molecule has 0 saturated carbocycles. The minimum atomic E-state index is -3.01. The highest BCUT2D eigenvalue weighted by Crippen LogP contribution is 2.21. The van der Waals surface area contributed by atoms with Crippen LogP contribution in [0, 0.1) is 11.6 Å². The zero-order valence-electron chi connectivity index (χ0n) is 12.2. The van der Waals surface area contributed by atoms with Gasteiger partial charge in [0.1, 0.15) is 22.9 Å². The predicted molar refractivity (Wildman–Crippen MR) is 76.7 cm³/mol. The number of alkyl halides is 2. The van der Waals surface area contributed by atoms with E-state index < -0.39 is 35.8 Å². The van der Waals surface area contributed by atoms with Crippen molar-refractivity contribution in [3.63, 3.8) is 0 Å². The van der Waals surface area contributed by atoms with E-state index in [1.54, 1.807) is 0 Å². The van der Waals surface area contributed by atoms with Crippen LogP contribution in [0.4, 0.5) is 17.6 Å². The standard InChI is InChI=1S/C16H13F4NO3/c17-11-5-2-6-12(18)14(11)15(23)21-8-13(22)9-3-1-4-10(7-9)24-16(19)20/h1-7,13,16,22H,8H2,(H,21,23). The van der Waals surface area contributed by atoms with E-state index >= 15 is 0 Å². The zero-order valence-corrected chi connectivity index (χ0v) is 12.2. The van der Waals surface area contributed by atoms with E-state index in [1.165, 1.54) is 24.3 Å². The minimum Gasteiger partial charge on any atom is -0.435 e. The number of aliphatic hydroxyl groups excluding tert-OH is 1. The molecule has 0 bridgehead atoms. The Kier molecular flexibility index (Phi) is 5.75. The van der Waals surface area contributed by atoms with Crippen molar-refractivity contribution in [2.45, 2.75) is 12.7 Å². The first-order chi connectivity index (χ1) is 11.4. The van der Waals surface area contributed by atoms with Gasteiger partial charge >= 0.3 is 6.61 Å². The number of hydrogen-bond donors (Lipinski definition) is 2. The molecule has 0 spiro atoms. The first kappa shape index (κ1) is 17.7. The fourth-order valence-electron chi connectivity index (χ4n) is 2.01. The Hall–Kier alpha value is -2.61.